The predicted molar refractivity (Wildman–Crippen MR) is 80.5 cm³/mol. The molecule has 0 spiro atoms. The van der Waals surface area contributed by atoms with Crippen LogP contribution in [0.25, 0.3) is 0 Å². The average molecular weight is 321 g/mol. The zero-order valence-electron chi connectivity index (χ0n) is 11.1. The number of ether oxygens (including phenoxy) is 1. The molecule has 2 nitrogen and oxygen atoms in total. The van der Waals surface area contributed by atoms with Gasteiger partial charge in [-0.3, -0.25) is 0 Å². The molecule has 0 saturated heterocycles. The fourth-order valence-electron chi connectivity index (χ4n) is 2.11. The molecule has 1 unspecified atom stereocenters. The number of halogens is 1. The Morgan fingerprint density at radius 2 is 2.00 bits per heavy atom. The van der Waals surface area contributed by atoms with E-state index in [-0.39, 0.29) is 0 Å². The van der Waals surface area contributed by atoms with Crippen molar-refractivity contribution in [2.75, 3.05) is 7.11 Å². The molecule has 0 aliphatic carbocycles. The first-order valence-corrected chi connectivity index (χ1v) is 6.96. The fourth-order valence-corrected chi connectivity index (χ4v) is 2.56. The van der Waals surface area contributed by atoms with Crippen LogP contribution in [0.4, 0.5) is 0 Å². The van der Waals surface area contributed by atoms with Crippen molar-refractivity contribution >= 4 is 15.9 Å². The van der Waals surface area contributed by atoms with Gasteiger partial charge in [-0.1, -0.05) is 34.1 Å². The lowest BCUT2D eigenvalue weighted by Crippen LogP contribution is -2.02. The maximum Gasteiger partial charge on any atom is 0.121 e. The molecule has 100 valence electrons. The molecule has 19 heavy (non-hydrogen) atoms. The van der Waals surface area contributed by atoms with Gasteiger partial charge in [-0.25, -0.2) is 0 Å². The standard InChI is InChI=1S/C16H17BrO2/c1-11-8-13(6-7-16(11)19-2)15(18)10-12-4-3-5-14(17)9-12/h3-9,15,18H,10H2,1-2H3. The van der Waals surface area contributed by atoms with Crippen molar-refractivity contribution < 1.29 is 9.84 Å². The van der Waals surface area contributed by atoms with Crippen molar-refractivity contribution in [2.24, 2.45) is 0 Å². The van der Waals surface area contributed by atoms with Crippen molar-refractivity contribution in [2.45, 2.75) is 19.4 Å². The van der Waals surface area contributed by atoms with Gasteiger partial charge >= 0.3 is 0 Å². The van der Waals surface area contributed by atoms with Gasteiger partial charge in [0.1, 0.15) is 5.75 Å². The zero-order valence-corrected chi connectivity index (χ0v) is 12.6. The topological polar surface area (TPSA) is 29.5 Å². The first kappa shape index (κ1) is 14.1. The lowest BCUT2D eigenvalue weighted by Gasteiger charge is -2.13. The summed E-state index contributed by atoms with van der Waals surface area (Å²) in [5.74, 6) is 0.846. The predicted octanol–water partition coefficient (Wildman–Crippen LogP) is 4.04. The van der Waals surface area contributed by atoms with Gasteiger partial charge in [-0.05, 0) is 47.9 Å². The molecule has 0 aliphatic rings. The number of rotatable bonds is 4. The summed E-state index contributed by atoms with van der Waals surface area (Å²) in [5.41, 5.74) is 3.06. The van der Waals surface area contributed by atoms with Crippen LogP contribution in [0, 0.1) is 6.92 Å². The SMILES string of the molecule is COc1ccc(C(O)Cc2cccc(Br)c2)cc1C. The van der Waals surface area contributed by atoms with Crippen molar-refractivity contribution in [1.82, 2.24) is 0 Å². The zero-order chi connectivity index (χ0) is 13.8. The summed E-state index contributed by atoms with van der Waals surface area (Å²) in [6.45, 7) is 1.98. The van der Waals surface area contributed by atoms with Gasteiger partial charge in [0.15, 0.2) is 0 Å². The monoisotopic (exact) mass is 320 g/mol. The molecule has 1 N–H and O–H groups in total. The van der Waals surface area contributed by atoms with Crippen molar-refractivity contribution in [3.8, 4) is 5.75 Å². The first-order chi connectivity index (χ1) is 9.10. The molecule has 3 heteroatoms. The summed E-state index contributed by atoms with van der Waals surface area (Å²) in [6.07, 6.45) is 0.101. The van der Waals surface area contributed by atoms with Gasteiger partial charge in [-0.2, -0.15) is 0 Å². The van der Waals surface area contributed by atoms with E-state index in [1.807, 2.05) is 49.4 Å². The van der Waals surface area contributed by atoms with Crippen molar-refractivity contribution in [3.05, 3.63) is 63.6 Å². The van der Waals surface area contributed by atoms with Crippen LogP contribution >= 0.6 is 15.9 Å². The van der Waals surface area contributed by atoms with E-state index in [9.17, 15) is 5.11 Å². The quantitative estimate of drug-likeness (QED) is 0.921. The summed E-state index contributed by atoms with van der Waals surface area (Å²) in [5, 5.41) is 10.3. The maximum absolute atomic E-state index is 10.3. The molecule has 0 aromatic heterocycles. The number of aryl methyl sites for hydroxylation is 1. The third-order valence-electron chi connectivity index (χ3n) is 3.12. The summed E-state index contributed by atoms with van der Waals surface area (Å²) in [6, 6.07) is 13.8. The van der Waals surface area contributed by atoms with Crippen LogP contribution in [0.2, 0.25) is 0 Å². The van der Waals surface area contributed by atoms with Crippen LogP contribution in [-0.4, -0.2) is 12.2 Å². The molecular weight excluding hydrogens is 304 g/mol. The smallest absolute Gasteiger partial charge is 0.121 e. The van der Waals surface area contributed by atoms with Gasteiger partial charge in [0.2, 0.25) is 0 Å². The Labute approximate surface area is 122 Å². The van der Waals surface area contributed by atoms with E-state index < -0.39 is 6.10 Å². The van der Waals surface area contributed by atoms with Crippen LogP contribution in [0.3, 0.4) is 0 Å². The van der Waals surface area contributed by atoms with Crippen LogP contribution in [0.1, 0.15) is 22.8 Å². The molecule has 0 amide bonds. The molecule has 0 saturated carbocycles. The first-order valence-electron chi connectivity index (χ1n) is 6.17. The number of aliphatic hydroxyl groups is 1. The van der Waals surface area contributed by atoms with E-state index in [1.54, 1.807) is 7.11 Å². The Hall–Kier alpha value is -1.32. The van der Waals surface area contributed by atoms with Crippen molar-refractivity contribution in [1.29, 1.82) is 0 Å². The molecular formula is C16H17BrO2. The Morgan fingerprint density at radius 3 is 2.63 bits per heavy atom. The summed E-state index contributed by atoms with van der Waals surface area (Å²) < 4.78 is 6.26. The van der Waals surface area contributed by atoms with E-state index in [0.717, 1.165) is 26.9 Å². The highest BCUT2D eigenvalue weighted by atomic mass is 79.9. The third kappa shape index (κ3) is 3.58. The Morgan fingerprint density at radius 1 is 1.21 bits per heavy atom. The molecule has 0 fully saturated rings. The van der Waals surface area contributed by atoms with Crippen LogP contribution in [0.15, 0.2) is 46.9 Å². The normalized spacial score (nSPS) is 12.2. The van der Waals surface area contributed by atoms with Crippen LogP contribution in [0.5, 0.6) is 5.75 Å². The molecule has 0 radical (unpaired) electrons. The Bertz CT molecular complexity index is 566. The summed E-state index contributed by atoms with van der Waals surface area (Å²) >= 11 is 3.44. The molecule has 0 heterocycles. The maximum atomic E-state index is 10.3. The second-order valence-corrected chi connectivity index (χ2v) is 5.49. The van der Waals surface area contributed by atoms with Gasteiger partial charge < -0.3 is 9.84 Å². The number of hydrogen-bond donors (Lipinski definition) is 1. The lowest BCUT2D eigenvalue weighted by molar-refractivity contribution is 0.178. The van der Waals surface area contributed by atoms with Gasteiger partial charge in [0.25, 0.3) is 0 Å². The van der Waals surface area contributed by atoms with E-state index in [2.05, 4.69) is 15.9 Å². The van der Waals surface area contributed by atoms with Crippen LogP contribution < -0.4 is 4.74 Å². The number of benzene rings is 2. The fraction of sp³-hybridized carbons (Fsp3) is 0.250. The van der Waals surface area contributed by atoms with E-state index in [4.69, 9.17) is 4.74 Å². The van der Waals surface area contributed by atoms with Crippen LogP contribution in [-0.2, 0) is 6.42 Å². The largest absolute Gasteiger partial charge is 0.496 e. The second-order valence-electron chi connectivity index (χ2n) is 4.58. The van der Waals surface area contributed by atoms with Crippen molar-refractivity contribution in [3.63, 3.8) is 0 Å². The highest BCUT2D eigenvalue weighted by Gasteiger charge is 2.10. The second kappa shape index (κ2) is 6.22. The minimum atomic E-state index is -0.501. The minimum Gasteiger partial charge on any atom is -0.496 e. The Kier molecular flexibility index (Phi) is 4.61. The third-order valence-corrected chi connectivity index (χ3v) is 3.62. The van der Waals surface area contributed by atoms with Gasteiger partial charge in [0, 0.05) is 10.9 Å². The molecule has 2 aromatic rings. The highest BCUT2D eigenvalue weighted by molar-refractivity contribution is 9.10. The molecule has 0 aliphatic heterocycles. The molecule has 2 aromatic carbocycles. The number of hydrogen-bond acceptors (Lipinski definition) is 2. The number of methoxy groups -OCH3 is 1. The highest BCUT2D eigenvalue weighted by Crippen LogP contribution is 2.25. The lowest BCUT2D eigenvalue weighted by atomic mass is 10.00. The molecule has 1 atom stereocenters. The number of aliphatic hydroxyl groups excluding tert-OH is 1. The van der Waals surface area contributed by atoms with Gasteiger partial charge in [0.05, 0.1) is 13.2 Å². The molecule has 0 bridgehead atoms. The summed E-state index contributed by atoms with van der Waals surface area (Å²) in [7, 11) is 1.65. The van der Waals surface area contributed by atoms with E-state index >= 15 is 0 Å². The summed E-state index contributed by atoms with van der Waals surface area (Å²) in [4.78, 5) is 0. The van der Waals surface area contributed by atoms with Gasteiger partial charge in [-0.15, -0.1) is 0 Å². The molecule has 2 rings (SSSR count). The Balaban J connectivity index is 2.15. The minimum absolute atomic E-state index is 0.501. The van der Waals surface area contributed by atoms with E-state index in [0.29, 0.717) is 6.42 Å². The van der Waals surface area contributed by atoms with E-state index in [1.165, 1.54) is 0 Å². The average Bonchev–Trinajstić information content (AvgIpc) is 2.38.